The van der Waals surface area contributed by atoms with Gasteiger partial charge in [0.05, 0.1) is 0 Å². The fourth-order valence-corrected chi connectivity index (χ4v) is 2.22. The van der Waals surface area contributed by atoms with Gasteiger partial charge in [0.1, 0.15) is 5.01 Å². The minimum Gasteiger partial charge on any atom is -0.319 e. The van der Waals surface area contributed by atoms with Gasteiger partial charge < -0.3 is 5.32 Å². The second-order valence-corrected chi connectivity index (χ2v) is 4.34. The molecule has 78 valence electrons. The molecule has 0 bridgehead atoms. The van der Waals surface area contributed by atoms with Crippen molar-refractivity contribution in [3.8, 4) is 10.6 Å². The van der Waals surface area contributed by atoms with Crippen LogP contribution in [-0.2, 0) is 6.42 Å². The van der Waals surface area contributed by atoms with Crippen molar-refractivity contribution in [3.05, 3.63) is 35.6 Å². The molecule has 0 saturated heterocycles. The lowest BCUT2D eigenvalue weighted by atomic mass is 10.3. The van der Waals surface area contributed by atoms with Crippen LogP contribution in [-0.4, -0.2) is 23.6 Å². The highest BCUT2D eigenvalue weighted by molar-refractivity contribution is 7.15. The van der Waals surface area contributed by atoms with E-state index < -0.39 is 0 Å². The molecular formula is C11H13N3S. The normalized spacial score (nSPS) is 10.5. The third kappa shape index (κ3) is 2.61. The van der Waals surface area contributed by atoms with Gasteiger partial charge >= 0.3 is 0 Å². The summed E-state index contributed by atoms with van der Waals surface area (Å²) in [5.74, 6) is 0. The van der Waals surface area contributed by atoms with Crippen molar-refractivity contribution in [1.29, 1.82) is 0 Å². The first-order valence-corrected chi connectivity index (χ1v) is 5.71. The SMILES string of the molecule is CNCCc1cnc(-c2ccncc2)s1. The Morgan fingerprint density at radius 1 is 1.33 bits per heavy atom. The average molecular weight is 219 g/mol. The molecule has 0 atom stereocenters. The van der Waals surface area contributed by atoms with E-state index >= 15 is 0 Å². The molecule has 2 rings (SSSR count). The van der Waals surface area contributed by atoms with Crippen molar-refractivity contribution in [2.75, 3.05) is 13.6 Å². The van der Waals surface area contributed by atoms with Crippen LogP contribution in [0.1, 0.15) is 4.88 Å². The number of nitrogens with zero attached hydrogens (tertiary/aromatic N) is 2. The average Bonchev–Trinajstić information content (AvgIpc) is 2.76. The summed E-state index contributed by atoms with van der Waals surface area (Å²) >= 11 is 1.75. The molecule has 0 unspecified atom stereocenters. The van der Waals surface area contributed by atoms with E-state index in [0.29, 0.717) is 0 Å². The Kier molecular flexibility index (Phi) is 3.42. The third-order valence-electron chi connectivity index (χ3n) is 2.10. The molecule has 1 N–H and O–H groups in total. The number of aromatic nitrogens is 2. The standard InChI is InChI=1S/C11H13N3S/c1-12-5-4-10-8-14-11(15-10)9-2-6-13-7-3-9/h2-3,6-8,12H,4-5H2,1H3. The fraction of sp³-hybridized carbons (Fsp3) is 0.273. The maximum absolute atomic E-state index is 4.40. The van der Waals surface area contributed by atoms with Crippen molar-refractivity contribution >= 4 is 11.3 Å². The van der Waals surface area contributed by atoms with Crippen LogP contribution in [0.25, 0.3) is 10.6 Å². The Morgan fingerprint density at radius 3 is 2.87 bits per heavy atom. The summed E-state index contributed by atoms with van der Waals surface area (Å²) in [6.07, 6.45) is 6.59. The summed E-state index contributed by atoms with van der Waals surface area (Å²) in [5, 5.41) is 4.21. The largest absolute Gasteiger partial charge is 0.319 e. The van der Waals surface area contributed by atoms with Crippen LogP contribution in [0.15, 0.2) is 30.7 Å². The second kappa shape index (κ2) is 5.00. The van der Waals surface area contributed by atoms with Crippen LogP contribution in [0.2, 0.25) is 0 Å². The smallest absolute Gasteiger partial charge is 0.123 e. The van der Waals surface area contributed by atoms with Crippen LogP contribution < -0.4 is 5.32 Å². The van der Waals surface area contributed by atoms with Crippen molar-refractivity contribution in [2.45, 2.75) is 6.42 Å². The van der Waals surface area contributed by atoms with Crippen molar-refractivity contribution < 1.29 is 0 Å². The Balaban J connectivity index is 2.14. The van der Waals surface area contributed by atoms with Gasteiger partial charge in [-0.1, -0.05) is 0 Å². The van der Waals surface area contributed by atoms with E-state index in [1.54, 1.807) is 23.7 Å². The zero-order chi connectivity index (χ0) is 10.5. The van der Waals surface area contributed by atoms with Gasteiger partial charge in [-0.2, -0.15) is 0 Å². The Bertz CT molecular complexity index is 411. The lowest BCUT2D eigenvalue weighted by molar-refractivity contribution is 0.798. The molecule has 0 spiro atoms. The first-order chi connectivity index (χ1) is 7.40. The molecule has 0 saturated carbocycles. The lowest BCUT2D eigenvalue weighted by Crippen LogP contribution is -2.09. The van der Waals surface area contributed by atoms with Gasteiger partial charge in [0, 0.05) is 29.0 Å². The van der Waals surface area contributed by atoms with Gasteiger partial charge in [-0.05, 0) is 32.1 Å². The summed E-state index contributed by atoms with van der Waals surface area (Å²) < 4.78 is 0. The highest BCUT2D eigenvalue weighted by Crippen LogP contribution is 2.24. The quantitative estimate of drug-likeness (QED) is 0.854. The van der Waals surface area contributed by atoms with Crippen LogP contribution in [0.3, 0.4) is 0 Å². The van der Waals surface area contributed by atoms with Gasteiger partial charge in [-0.15, -0.1) is 11.3 Å². The van der Waals surface area contributed by atoms with Gasteiger partial charge in [0.2, 0.25) is 0 Å². The number of rotatable bonds is 4. The van der Waals surface area contributed by atoms with Crippen LogP contribution in [0.4, 0.5) is 0 Å². The van der Waals surface area contributed by atoms with Crippen molar-refractivity contribution in [3.63, 3.8) is 0 Å². The Morgan fingerprint density at radius 2 is 2.13 bits per heavy atom. The van der Waals surface area contributed by atoms with Gasteiger partial charge in [0.25, 0.3) is 0 Å². The number of thiazole rings is 1. The number of likely N-dealkylation sites (N-methyl/N-ethyl adjacent to an activating group) is 1. The monoisotopic (exact) mass is 219 g/mol. The molecule has 2 heterocycles. The first kappa shape index (κ1) is 10.3. The molecule has 0 amide bonds. The molecule has 0 radical (unpaired) electrons. The lowest BCUT2D eigenvalue weighted by Gasteiger charge is -1.94. The molecule has 0 aliphatic rings. The molecule has 3 nitrogen and oxygen atoms in total. The van der Waals surface area contributed by atoms with E-state index in [0.717, 1.165) is 23.5 Å². The fourth-order valence-electron chi connectivity index (χ4n) is 1.30. The van der Waals surface area contributed by atoms with E-state index in [-0.39, 0.29) is 0 Å². The topological polar surface area (TPSA) is 37.8 Å². The Labute approximate surface area is 93.2 Å². The van der Waals surface area contributed by atoms with E-state index in [1.807, 2.05) is 25.4 Å². The maximum atomic E-state index is 4.40. The van der Waals surface area contributed by atoms with Gasteiger partial charge in [0.15, 0.2) is 0 Å². The second-order valence-electron chi connectivity index (χ2n) is 3.22. The summed E-state index contributed by atoms with van der Waals surface area (Å²) in [6, 6.07) is 3.97. The zero-order valence-corrected chi connectivity index (χ0v) is 9.42. The predicted molar refractivity (Wildman–Crippen MR) is 63.0 cm³/mol. The molecule has 0 aliphatic carbocycles. The molecule has 0 aromatic carbocycles. The summed E-state index contributed by atoms with van der Waals surface area (Å²) in [5.41, 5.74) is 1.14. The van der Waals surface area contributed by atoms with Gasteiger partial charge in [-0.25, -0.2) is 4.98 Å². The molecule has 0 fully saturated rings. The van der Waals surface area contributed by atoms with Gasteiger partial charge in [-0.3, -0.25) is 4.98 Å². The highest BCUT2D eigenvalue weighted by Gasteiger charge is 2.03. The van der Waals surface area contributed by atoms with E-state index in [1.165, 1.54) is 4.88 Å². The first-order valence-electron chi connectivity index (χ1n) is 4.90. The zero-order valence-electron chi connectivity index (χ0n) is 8.60. The molecule has 4 heteroatoms. The summed E-state index contributed by atoms with van der Waals surface area (Å²) in [4.78, 5) is 9.71. The Hall–Kier alpha value is -1.26. The van der Waals surface area contributed by atoms with Crippen LogP contribution >= 0.6 is 11.3 Å². The van der Waals surface area contributed by atoms with Crippen molar-refractivity contribution in [1.82, 2.24) is 15.3 Å². The van der Waals surface area contributed by atoms with E-state index in [2.05, 4.69) is 15.3 Å². The van der Waals surface area contributed by atoms with Crippen LogP contribution in [0.5, 0.6) is 0 Å². The molecule has 15 heavy (non-hydrogen) atoms. The molecule has 0 aliphatic heterocycles. The molecule has 2 aromatic heterocycles. The maximum Gasteiger partial charge on any atom is 0.123 e. The van der Waals surface area contributed by atoms with Crippen molar-refractivity contribution in [2.24, 2.45) is 0 Å². The molecule has 2 aromatic rings. The third-order valence-corrected chi connectivity index (χ3v) is 3.21. The number of hydrogen-bond donors (Lipinski definition) is 1. The number of pyridine rings is 1. The summed E-state index contributed by atoms with van der Waals surface area (Å²) in [6.45, 7) is 0.998. The number of nitrogens with one attached hydrogen (secondary N) is 1. The van der Waals surface area contributed by atoms with Crippen LogP contribution in [0, 0.1) is 0 Å². The number of hydrogen-bond acceptors (Lipinski definition) is 4. The highest BCUT2D eigenvalue weighted by atomic mass is 32.1. The minimum absolute atomic E-state index is 0.998. The molecular weight excluding hydrogens is 206 g/mol. The van der Waals surface area contributed by atoms with E-state index in [4.69, 9.17) is 0 Å². The minimum atomic E-state index is 0.998. The summed E-state index contributed by atoms with van der Waals surface area (Å²) in [7, 11) is 1.96. The predicted octanol–water partition coefficient (Wildman–Crippen LogP) is 1.97. The van der Waals surface area contributed by atoms with E-state index in [9.17, 15) is 0 Å².